The van der Waals surface area contributed by atoms with Crippen LogP contribution in [0.15, 0.2) is 42.5 Å². The van der Waals surface area contributed by atoms with Crippen LogP contribution in [0.2, 0.25) is 5.02 Å². The van der Waals surface area contributed by atoms with Gasteiger partial charge < -0.3 is 15.2 Å². The van der Waals surface area contributed by atoms with Crippen molar-refractivity contribution in [2.45, 2.75) is 12.5 Å². The van der Waals surface area contributed by atoms with Gasteiger partial charge in [-0.3, -0.25) is 0 Å². The minimum Gasteiger partial charge on any atom is -0.493 e. The molecule has 0 saturated heterocycles. The summed E-state index contributed by atoms with van der Waals surface area (Å²) in [6.07, 6.45) is 0. The highest BCUT2D eigenvalue weighted by Crippen LogP contribution is 2.34. The van der Waals surface area contributed by atoms with Crippen LogP contribution in [-0.4, -0.2) is 13.2 Å². The number of nitrogens with two attached hydrogens (primary N) is 1. The lowest BCUT2D eigenvalue weighted by Crippen LogP contribution is -2.13. The van der Waals surface area contributed by atoms with Crippen molar-refractivity contribution in [3.05, 3.63) is 58.6 Å². The van der Waals surface area contributed by atoms with Crippen LogP contribution in [0.25, 0.3) is 0 Å². The monoisotopic (exact) mass is 289 g/mol. The third kappa shape index (κ3) is 2.60. The highest BCUT2D eigenvalue weighted by Gasteiger charge is 2.24. The number of halogens is 1. The largest absolute Gasteiger partial charge is 0.493 e. The van der Waals surface area contributed by atoms with Crippen molar-refractivity contribution in [1.82, 2.24) is 0 Å². The van der Waals surface area contributed by atoms with Crippen molar-refractivity contribution in [3.63, 3.8) is 0 Å². The molecule has 0 spiro atoms. The zero-order chi connectivity index (χ0) is 13.9. The number of benzene rings is 2. The Morgan fingerprint density at radius 1 is 1.25 bits per heavy atom. The van der Waals surface area contributed by atoms with Gasteiger partial charge in [0, 0.05) is 22.7 Å². The standard InChI is InChI=1S/C16H16ClNO2/c17-13-6-5-11(8-18)16(7-13)20-10-12-9-19-15-4-2-1-3-14(12)15/h1-7,12H,8-10,18H2. The van der Waals surface area contributed by atoms with Crippen LogP contribution < -0.4 is 15.2 Å². The first kappa shape index (κ1) is 13.3. The molecule has 0 aromatic heterocycles. The van der Waals surface area contributed by atoms with Crippen LogP contribution in [0.4, 0.5) is 0 Å². The Labute approximate surface area is 123 Å². The molecule has 20 heavy (non-hydrogen) atoms. The van der Waals surface area contributed by atoms with Crippen LogP contribution in [0.3, 0.4) is 0 Å². The van der Waals surface area contributed by atoms with Gasteiger partial charge in [0.05, 0.1) is 19.1 Å². The van der Waals surface area contributed by atoms with Gasteiger partial charge in [0.1, 0.15) is 11.5 Å². The molecule has 1 aliphatic heterocycles. The summed E-state index contributed by atoms with van der Waals surface area (Å²) in [4.78, 5) is 0. The maximum atomic E-state index is 6.00. The molecule has 0 amide bonds. The molecular weight excluding hydrogens is 274 g/mol. The Hall–Kier alpha value is -1.71. The van der Waals surface area contributed by atoms with Gasteiger partial charge in [-0.1, -0.05) is 35.9 Å². The molecule has 2 aromatic carbocycles. The second-order valence-corrected chi connectivity index (χ2v) is 5.25. The lowest BCUT2D eigenvalue weighted by molar-refractivity contribution is 0.247. The average molecular weight is 290 g/mol. The van der Waals surface area contributed by atoms with Crippen LogP contribution >= 0.6 is 11.6 Å². The molecule has 0 bridgehead atoms. The fraction of sp³-hybridized carbons (Fsp3) is 0.250. The van der Waals surface area contributed by atoms with Gasteiger partial charge in [-0.25, -0.2) is 0 Å². The summed E-state index contributed by atoms with van der Waals surface area (Å²) in [6, 6.07) is 13.6. The van der Waals surface area contributed by atoms with Gasteiger partial charge in [0.15, 0.2) is 0 Å². The lowest BCUT2D eigenvalue weighted by atomic mass is 10.0. The summed E-state index contributed by atoms with van der Waals surface area (Å²) in [6.45, 7) is 1.65. The molecule has 1 atom stereocenters. The van der Waals surface area contributed by atoms with Crippen LogP contribution in [0, 0.1) is 0 Å². The van der Waals surface area contributed by atoms with Gasteiger partial charge in [0.25, 0.3) is 0 Å². The second-order valence-electron chi connectivity index (χ2n) is 4.81. The van der Waals surface area contributed by atoms with Crippen molar-refractivity contribution < 1.29 is 9.47 Å². The van der Waals surface area contributed by atoms with Crippen molar-refractivity contribution >= 4 is 11.6 Å². The van der Waals surface area contributed by atoms with Crippen molar-refractivity contribution in [2.24, 2.45) is 5.73 Å². The Balaban J connectivity index is 1.73. The summed E-state index contributed by atoms with van der Waals surface area (Å²) in [5, 5.41) is 0.653. The first-order valence-electron chi connectivity index (χ1n) is 6.61. The number of fused-ring (bicyclic) bond motifs is 1. The minimum absolute atomic E-state index is 0.246. The molecule has 0 saturated carbocycles. The molecule has 104 valence electrons. The summed E-state index contributed by atoms with van der Waals surface area (Å²) < 4.78 is 11.6. The van der Waals surface area contributed by atoms with E-state index in [2.05, 4.69) is 6.07 Å². The van der Waals surface area contributed by atoms with E-state index in [4.69, 9.17) is 26.8 Å². The van der Waals surface area contributed by atoms with Gasteiger partial charge in [-0.05, 0) is 18.2 Å². The molecule has 0 aliphatic carbocycles. The molecule has 2 N–H and O–H groups in total. The van der Waals surface area contributed by atoms with Gasteiger partial charge >= 0.3 is 0 Å². The molecule has 4 heteroatoms. The molecule has 1 unspecified atom stereocenters. The SMILES string of the molecule is NCc1ccc(Cl)cc1OCC1COc2ccccc21. The predicted octanol–water partition coefficient (Wildman–Crippen LogP) is 3.35. The smallest absolute Gasteiger partial charge is 0.125 e. The Bertz CT molecular complexity index is 615. The number of ether oxygens (including phenoxy) is 2. The summed E-state index contributed by atoms with van der Waals surface area (Å²) >= 11 is 6.00. The number of hydrogen-bond acceptors (Lipinski definition) is 3. The topological polar surface area (TPSA) is 44.5 Å². The van der Waals surface area contributed by atoms with Gasteiger partial charge in [-0.2, -0.15) is 0 Å². The molecular formula is C16H16ClNO2. The van der Waals surface area contributed by atoms with Crippen LogP contribution in [0.5, 0.6) is 11.5 Å². The summed E-state index contributed by atoms with van der Waals surface area (Å²) in [5.41, 5.74) is 7.87. The minimum atomic E-state index is 0.246. The molecule has 3 rings (SSSR count). The summed E-state index contributed by atoms with van der Waals surface area (Å²) in [5.74, 6) is 1.95. The highest BCUT2D eigenvalue weighted by atomic mass is 35.5. The molecule has 1 aliphatic rings. The molecule has 0 fully saturated rings. The zero-order valence-corrected chi connectivity index (χ0v) is 11.8. The Kier molecular flexibility index (Phi) is 3.81. The van der Waals surface area contributed by atoms with E-state index in [1.54, 1.807) is 0 Å². The quantitative estimate of drug-likeness (QED) is 0.939. The fourth-order valence-electron chi connectivity index (χ4n) is 2.39. The third-order valence-corrected chi connectivity index (χ3v) is 3.72. The van der Waals surface area contributed by atoms with E-state index in [0.29, 0.717) is 24.8 Å². The maximum absolute atomic E-state index is 6.00. The number of hydrogen-bond donors (Lipinski definition) is 1. The Morgan fingerprint density at radius 3 is 2.95 bits per heavy atom. The number of rotatable bonds is 4. The van der Waals surface area contributed by atoms with E-state index in [1.807, 2.05) is 36.4 Å². The van der Waals surface area contributed by atoms with E-state index < -0.39 is 0 Å². The normalized spacial score (nSPS) is 16.6. The molecule has 3 nitrogen and oxygen atoms in total. The zero-order valence-electron chi connectivity index (χ0n) is 11.0. The van der Waals surface area contributed by atoms with Gasteiger partial charge in [0.2, 0.25) is 0 Å². The second kappa shape index (κ2) is 5.73. The van der Waals surface area contributed by atoms with Crippen LogP contribution in [-0.2, 0) is 6.54 Å². The van der Waals surface area contributed by atoms with Crippen LogP contribution in [0.1, 0.15) is 17.0 Å². The highest BCUT2D eigenvalue weighted by molar-refractivity contribution is 6.30. The number of para-hydroxylation sites is 1. The van der Waals surface area contributed by atoms with Gasteiger partial charge in [-0.15, -0.1) is 0 Å². The first-order chi connectivity index (χ1) is 9.78. The van der Waals surface area contributed by atoms with E-state index in [9.17, 15) is 0 Å². The first-order valence-corrected chi connectivity index (χ1v) is 6.98. The fourth-order valence-corrected chi connectivity index (χ4v) is 2.55. The average Bonchev–Trinajstić information content (AvgIpc) is 2.88. The van der Waals surface area contributed by atoms with E-state index in [0.717, 1.165) is 17.1 Å². The van der Waals surface area contributed by atoms with E-state index in [1.165, 1.54) is 5.56 Å². The molecule has 1 heterocycles. The van der Waals surface area contributed by atoms with Crippen molar-refractivity contribution in [2.75, 3.05) is 13.2 Å². The van der Waals surface area contributed by atoms with Crippen molar-refractivity contribution in [1.29, 1.82) is 0 Å². The third-order valence-electron chi connectivity index (χ3n) is 3.49. The predicted molar refractivity (Wildman–Crippen MR) is 79.5 cm³/mol. The lowest BCUT2D eigenvalue weighted by Gasteiger charge is -2.14. The molecule has 0 radical (unpaired) electrons. The van der Waals surface area contributed by atoms with E-state index in [-0.39, 0.29) is 5.92 Å². The van der Waals surface area contributed by atoms with E-state index >= 15 is 0 Å². The molecule has 2 aromatic rings. The Morgan fingerprint density at radius 2 is 2.10 bits per heavy atom. The maximum Gasteiger partial charge on any atom is 0.125 e. The summed E-state index contributed by atoms with van der Waals surface area (Å²) in [7, 11) is 0. The van der Waals surface area contributed by atoms with Crippen molar-refractivity contribution in [3.8, 4) is 11.5 Å².